The maximum atomic E-state index is 13.2. The van der Waals surface area contributed by atoms with Gasteiger partial charge in [-0.1, -0.05) is 30.2 Å². The highest BCUT2D eigenvalue weighted by atomic mass is 35.5. The van der Waals surface area contributed by atoms with Gasteiger partial charge < -0.3 is 10.2 Å². The summed E-state index contributed by atoms with van der Waals surface area (Å²) in [5.41, 5.74) is 7.25. The Morgan fingerprint density at radius 2 is 2.00 bits per heavy atom. The second kappa shape index (κ2) is 8.39. The highest BCUT2D eigenvalue weighted by Crippen LogP contribution is 2.33. The molecule has 2 atom stereocenters. The van der Waals surface area contributed by atoms with Crippen LogP contribution in [-0.2, 0) is 9.59 Å². The van der Waals surface area contributed by atoms with Gasteiger partial charge in [-0.2, -0.15) is 5.10 Å². The number of hydrazone groups is 1. The molecule has 1 saturated heterocycles. The fourth-order valence-corrected chi connectivity index (χ4v) is 4.13. The number of rotatable bonds is 5. The Morgan fingerprint density at radius 1 is 1.21 bits per heavy atom. The topological polar surface area (TPSA) is 92.1 Å². The van der Waals surface area contributed by atoms with Gasteiger partial charge in [0.2, 0.25) is 5.91 Å². The Bertz CT molecular complexity index is 911. The van der Waals surface area contributed by atoms with Crippen molar-refractivity contribution in [2.24, 2.45) is 10.8 Å². The van der Waals surface area contributed by atoms with Crippen LogP contribution in [0.4, 0.5) is 0 Å². The van der Waals surface area contributed by atoms with Crippen LogP contribution in [0.2, 0.25) is 5.02 Å². The minimum absolute atomic E-state index is 0.0994. The highest BCUT2D eigenvalue weighted by Gasteiger charge is 2.37. The Hall–Kier alpha value is -2.64. The Balaban J connectivity index is 1.58. The zero-order valence-electron chi connectivity index (χ0n) is 16.0. The number of amides is 2. The number of primary amides is 1. The quantitative estimate of drug-likeness (QED) is 0.814. The van der Waals surface area contributed by atoms with Gasteiger partial charge >= 0.3 is 0 Å². The van der Waals surface area contributed by atoms with E-state index in [0.717, 1.165) is 24.1 Å². The van der Waals surface area contributed by atoms with Crippen molar-refractivity contribution < 1.29 is 14.0 Å². The number of halogens is 1. The van der Waals surface area contributed by atoms with Crippen LogP contribution in [-0.4, -0.2) is 46.6 Å². The zero-order chi connectivity index (χ0) is 20.4. The van der Waals surface area contributed by atoms with Crippen LogP contribution < -0.4 is 5.73 Å². The molecule has 1 aromatic heterocycles. The van der Waals surface area contributed by atoms with Gasteiger partial charge in [0.05, 0.1) is 24.6 Å². The van der Waals surface area contributed by atoms with Gasteiger partial charge in [0.25, 0.3) is 5.91 Å². The summed E-state index contributed by atoms with van der Waals surface area (Å²) in [7, 11) is 0. The molecule has 1 fully saturated rings. The van der Waals surface area contributed by atoms with Gasteiger partial charge in [-0.15, -0.1) is 0 Å². The normalized spacial score (nSPS) is 22.5. The van der Waals surface area contributed by atoms with E-state index in [4.69, 9.17) is 21.8 Å². The maximum Gasteiger partial charge on any atom is 0.257 e. The highest BCUT2D eigenvalue weighted by molar-refractivity contribution is 6.30. The van der Waals surface area contributed by atoms with Crippen molar-refractivity contribution in [2.75, 3.05) is 13.1 Å². The summed E-state index contributed by atoms with van der Waals surface area (Å²) < 4.78 is 5.57. The van der Waals surface area contributed by atoms with Crippen LogP contribution in [0.5, 0.6) is 0 Å². The van der Waals surface area contributed by atoms with Crippen molar-refractivity contribution in [3.05, 3.63) is 59.0 Å². The van der Waals surface area contributed by atoms with Crippen LogP contribution in [0, 0.1) is 0 Å². The molecule has 8 heteroatoms. The van der Waals surface area contributed by atoms with E-state index in [9.17, 15) is 9.59 Å². The lowest BCUT2D eigenvalue weighted by Gasteiger charge is -2.34. The minimum Gasteiger partial charge on any atom is -0.467 e. The standard InChI is InChI=1S/C21H23ClN4O3/c22-15-8-6-14(7-9-15)16-12-18(19-5-3-11-29-19)26(24-16)20(27)13-25-10-2-1-4-17(25)21(23)28/h3,5-9,11,17-18H,1-2,4,10,12-13H2,(H2,23,28). The monoisotopic (exact) mass is 414 g/mol. The largest absolute Gasteiger partial charge is 0.467 e. The maximum absolute atomic E-state index is 13.2. The molecule has 2 aliphatic rings. The van der Waals surface area contributed by atoms with Gasteiger partial charge in [0, 0.05) is 11.4 Å². The number of furan rings is 1. The number of piperidine rings is 1. The van der Waals surface area contributed by atoms with E-state index in [-0.39, 0.29) is 24.4 Å². The Kier molecular flexibility index (Phi) is 5.69. The van der Waals surface area contributed by atoms with Crippen LogP contribution >= 0.6 is 11.6 Å². The van der Waals surface area contributed by atoms with Crippen LogP contribution in [0.15, 0.2) is 52.2 Å². The number of carbonyl (C=O) groups is 2. The number of nitrogens with zero attached hydrogens (tertiary/aromatic N) is 3. The predicted octanol–water partition coefficient (Wildman–Crippen LogP) is 2.95. The summed E-state index contributed by atoms with van der Waals surface area (Å²) >= 11 is 5.99. The third-order valence-corrected chi connectivity index (χ3v) is 5.75. The summed E-state index contributed by atoms with van der Waals surface area (Å²) in [5, 5.41) is 6.74. The molecule has 152 valence electrons. The fraction of sp³-hybridized carbons (Fsp3) is 0.381. The van der Waals surface area contributed by atoms with E-state index in [2.05, 4.69) is 5.10 Å². The van der Waals surface area contributed by atoms with E-state index >= 15 is 0 Å². The number of benzene rings is 1. The molecule has 29 heavy (non-hydrogen) atoms. The number of hydrogen-bond acceptors (Lipinski definition) is 5. The molecular formula is C21H23ClN4O3. The predicted molar refractivity (Wildman–Crippen MR) is 109 cm³/mol. The SMILES string of the molecule is NC(=O)C1CCCCN1CC(=O)N1N=C(c2ccc(Cl)cc2)CC1c1ccco1. The molecule has 3 heterocycles. The van der Waals surface area contributed by atoms with E-state index in [1.807, 2.05) is 23.1 Å². The molecule has 0 radical (unpaired) electrons. The lowest BCUT2D eigenvalue weighted by molar-refractivity contribution is -0.137. The van der Waals surface area contributed by atoms with Crippen molar-refractivity contribution in [2.45, 2.75) is 37.8 Å². The van der Waals surface area contributed by atoms with Gasteiger partial charge in [0.15, 0.2) is 0 Å². The van der Waals surface area contributed by atoms with Crippen molar-refractivity contribution in [1.82, 2.24) is 9.91 Å². The summed E-state index contributed by atoms with van der Waals surface area (Å²) in [5.74, 6) is 0.117. The summed E-state index contributed by atoms with van der Waals surface area (Å²) in [6.07, 6.45) is 4.70. The first-order chi connectivity index (χ1) is 14.0. The molecule has 0 saturated carbocycles. The average molecular weight is 415 g/mol. The van der Waals surface area contributed by atoms with Crippen molar-refractivity contribution in [3.8, 4) is 0 Å². The smallest absolute Gasteiger partial charge is 0.257 e. The summed E-state index contributed by atoms with van der Waals surface area (Å²) in [6.45, 7) is 0.772. The molecule has 4 rings (SSSR count). The number of carbonyl (C=O) groups excluding carboxylic acids is 2. The fourth-order valence-electron chi connectivity index (χ4n) is 4.01. The van der Waals surface area contributed by atoms with Crippen LogP contribution in [0.3, 0.4) is 0 Å². The van der Waals surface area contributed by atoms with Gasteiger partial charge in [-0.3, -0.25) is 14.5 Å². The van der Waals surface area contributed by atoms with Crippen LogP contribution in [0.25, 0.3) is 0 Å². The van der Waals surface area contributed by atoms with E-state index in [0.29, 0.717) is 30.2 Å². The molecule has 0 spiro atoms. The van der Waals surface area contributed by atoms with Gasteiger partial charge in [-0.25, -0.2) is 5.01 Å². The third-order valence-electron chi connectivity index (χ3n) is 5.50. The van der Waals surface area contributed by atoms with Crippen LogP contribution in [0.1, 0.15) is 43.0 Å². The molecule has 7 nitrogen and oxygen atoms in total. The second-order valence-electron chi connectivity index (χ2n) is 7.41. The molecule has 2 amide bonds. The van der Waals surface area contributed by atoms with Crippen molar-refractivity contribution in [1.29, 1.82) is 0 Å². The Morgan fingerprint density at radius 3 is 2.69 bits per heavy atom. The average Bonchev–Trinajstić information content (AvgIpc) is 3.38. The second-order valence-corrected chi connectivity index (χ2v) is 7.85. The molecule has 0 aliphatic carbocycles. The first-order valence-corrected chi connectivity index (χ1v) is 10.1. The molecule has 1 aromatic carbocycles. The number of likely N-dealkylation sites (tertiary alicyclic amines) is 1. The third kappa shape index (κ3) is 4.21. The molecule has 2 aliphatic heterocycles. The first kappa shape index (κ1) is 19.7. The molecule has 2 aromatic rings. The lowest BCUT2D eigenvalue weighted by atomic mass is 10.0. The van der Waals surface area contributed by atoms with Gasteiger partial charge in [0.1, 0.15) is 11.8 Å². The molecular weight excluding hydrogens is 392 g/mol. The first-order valence-electron chi connectivity index (χ1n) is 9.75. The van der Waals surface area contributed by atoms with Crippen molar-refractivity contribution in [3.63, 3.8) is 0 Å². The molecule has 2 N–H and O–H groups in total. The van der Waals surface area contributed by atoms with E-state index < -0.39 is 6.04 Å². The Labute approximate surface area is 174 Å². The summed E-state index contributed by atoms with van der Waals surface area (Å²) in [4.78, 5) is 26.8. The zero-order valence-corrected chi connectivity index (χ0v) is 16.7. The van der Waals surface area contributed by atoms with E-state index in [1.54, 1.807) is 24.5 Å². The van der Waals surface area contributed by atoms with E-state index in [1.165, 1.54) is 5.01 Å². The number of hydrogen-bond donors (Lipinski definition) is 1. The summed E-state index contributed by atoms with van der Waals surface area (Å²) in [6, 6.07) is 10.3. The van der Waals surface area contributed by atoms with Crippen molar-refractivity contribution >= 4 is 29.1 Å². The number of nitrogens with two attached hydrogens (primary N) is 1. The molecule has 2 unspecified atom stereocenters. The van der Waals surface area contributed by atoms with Gasteiger partial charge in [-0.05, 0) is 49.2 Å². The minimum atomic E-state index is -0.405. The lowest BCUT2D eigenvalue weighted by Crippen LogP contribution is -2.51. The molecule has 0 bridgehead atoms.